The third-order valence-electron chi connectivity index (χ3n) is 5.67. The molecule has 0 radical (unpaired) electrons. The van der Waals surface area contributed by atoms with Gasteiger partial charge in [-0.25, -0.2) is 8.42 Å². The zero-order chi connectivity index (χ0) is 25.6. The first-order valence-corrected chi connectivity index (χ1v) is 14.0. The Hall–Kier alpha value is -2.91. The topological polar surface area (TPSA) is 86.8 Å². The SMILES string of the molecule is CCCNC(=O)[C@H](C)N(Cc1cccc(Br)c1)C(=O)CN(c1cccc2ccccc12)S(C)(=O)=O. The van der Waals surface area contributed by atoms with Gasteiger partial charge in [-0.3, -0.25) is 13.9 Å². The Kier molecular flexibility index (Phi) is 8.91. The highest BCUT2D eigenvalue weighted by Gasteiger charge is 2.30. The van der Waals surface area contributed by atoms with E-state index in [9.17, 15) is 18.0 Å². The van der Waals surface area contributed by atoms with Gasteiger partial charge in [0.15, 0.2) is 0 Å². The van der Waals surface area contributed by atoms with Gasteiger partial charge in [0.2, 0.25) is 21.8 Å². The molecule has 3 rings (SSSR count). The number of fused-ring (bicyclic) bond motifs is 1. The fourth-order valence-corrected chi connectivity index (χ4v) is 5.14. The zero-order valence-corrected chi connectivity index (χ0v) is 22.5. The van der Waals surface area contributed by atoms with E-state index in [0.717, 1.165) is 37.8 Å². The van der Waals surface area contributed by atoms with Crippen LogP contribution in [0.1, 0.15) is 25.8 Å². The molecule has 0 saturated heterocycles. The molecular weight excluding hydrogens is 530 g/mol. The van der Waals surface area contributed by atoms with Gasteiger partial charge < -0.3 is 10.2 Å². The van der Waals surface area contributed by atoms with E-state index < -0.39 is 28.5 Å². The van der Waals surface area contributed by atoms with Crippen LogP contribution < -0.4 is 9.62 Å². The van der Waals surface area contributed by atoms with Gasteiger partial charge in [0.05, 0.1) is 11.9 Å². The van der Waals surface area contributed by atoms with E-state index in [-0.39, 0.29) is 12.5 Å². The summed E-state index contributed by atoms with van der Waals surface area (Å²) in [7, 11) is -3.80. The normalized spacial score (nSPS) is 12.2. The summed E-state index contributed by atoms with van der Waals surface area (Å²) in [5.41, 5.74) is 1.24. The first-order chi connectivity index (χ1) is 16.6. The summed E-state index contributed by atoms with van der Waals surface area (Å²) in [6, 6.07) is 19.4. The maximum Gasteiger partial charge on any atom is 0.244 e. The van der Waals surface area contributed by atoms with Gasteiger partial charge in [-0.15, -0.1) is 0 Å². The second-order valence-electron chi connectivity index (χ2n) is 8.39. The number of halogens is 1. The molecule has 0 aliphatic carbocycles. The van der Waals surface area contributed by atoms with Crippen LogP contribution in [-0.4, -0.2) is 50.5 Å². The number of sulfonamides is 1. The largest absolute Gasteiger partial charge is 0.354 e. The lowest BCUT2D eigenvalue weighted by molar-refractivity contribution is -0.139. The predicted molar refractivity (Wildman–Crippen MR) is 144 cm³/mol. The van der Waals surface area contributed by atoms with Crippen LogP contribution in [0.2, 0.25) is 0 Å². The molecule has 0 bridgehead atoms. The predicted octanol–water partition coefficient (Wildman–Crippen LogP) is 4.31. The van der Waals surface area contributed by atoms with Crippen LogP contribution >= 0.6 is 15.9 Å². The summed E-state index contributed by atoms with van der Waals surface area (Å²) in [5, 5.41) is 4.42. The summed E-state index contributed by atoms with van der Waals surface area (Å²) >= 11 is 3.44. The van der Waals surface area contributed by atoms with Gasteiger partial charge in [0, 0.05) is 22.9 Å². The molecule has 9 heteroatoms. The van der Waals surface area contributed by atoms with E-state index in [2.05, 4.69) is 21.2 Å². The molecule has 1 N–H and O–H groups in total. The molecule has 0 heterocycles. The zero-order valence-electron chi connectivity index (χ0n) is 20.1. The quantitative estimate of drug-likeness (QED) is 0.401. The van der Waals surface area contributed by atoms with Crippen molar-refractivity contribution in [2.45, 2.75) is 32.9 Å². The molecule has 3 aromatic rings. The third kappa shape index (κ3) is 6.82. The van der Waals surface area contributed by atoms with Crippen molar-refractivity contribution in [2.75, 3.05) is 23.7 Å². The van der Waals surface area contributed by atoms with Crippen molar-refractivity contribution < 1.29 is 18.0 Å². The number of carbonyl (C=O) groups is 2. The van der Waals surface area contributed by atoms with Crippen molar-refractivity contribution in [3.8, 4) is 0 Å². The highest BCUT2D eigenvalue weighted by atomic mass is 79.9. The van der Waals surface area contributed by atoms with Crippen molar-refractivity contribution in [2.24, 2.45) is 0 Å². The number of hydrogen-bond acceptors (Lipinski definition) is 4. The van der Waals surface area contributed by atoms with Crippen molar-refractivity contribution >= 4 is 54.2 Å². The Bertz CT molecular complexity index is 1310. The second-order valence-corrected chi connectivity index (χ2v) is 11.2. The van der Waals surface area contributed by atoms with E-state index >= 15 is 0 Å². The van der Waals surface area contributed by atoms with E-state index in [1.165, 1.54) is 4.90 Å². The first-order valence-electron chi connectivity index (χ1n) is 11.4. The smallest absolute Gasteiger partial charge is 0.244 e. The molecule has 0 aromatic heterocycles. The number of hydrogen-bond donors (Lipinski definition) is 1. The van der Waals surface area contributed by atoms with Crippen LogP contribution in [0, 0.1) is 0 Å². The van der Waals surface area contributed by atoms with Crippen LogP contribution in [0.15, 0.2) is 71.2 Å². The molecular formula is C26H30BrN3O4S. The Morgan fingerprint density at radius 1 is 1.03 bits per heavy atom. The first kappa shape index (κ1) is 26.7. The minimum absolute atomic E-state index is 0.159. The highest BCUT2D eigenvalue weighted by Crippen LogP contribution is 2.28. The number of nitrogens with one attached hydrogen (secondary N) is 1. The number of amides is 2. The van der Waals surface area contributed by atoms with Crippen LogP contribution in [0.3, 0.4) is 0 Å². The molecule has 0 spiro atoms. The molecule has 0 aliphatic heterocycles. The molecule has 3 aromatic carbocycles. The van der Waals surface area contributed by atoms with Crippen molar-refractivity contribution in [3.63, 3.8) is 0 Å². The van der Waals surface area contributed by atoms with Crippen LogP contribution in [-0.2, 0) is 26.2 Å². The summed E-state index contributed by atoms with van der Waals surface area (Å²) in [4.78, 5) is 27.9. The van der Waals surface area contributed by atoms with Crippen molar-refractivity contribution in [1.82, 2.24) is 10.2 Å². The van der Waals surface area contributed by atoms with Gasteiger partial charge in [0.25, 0.3) is 0 Å². The molecule has 2 amide bonds. The lowest BCUT2D eigenvalue weighted by atomic mass is 10.1. The van der Waals surface area contributed by atoms with Gasteiger partial charge >= 0.3 is 0 Å². The monoisotopic (exact) mass is 559 g/mol. The van der Waals surface area contributed by atoms with Crippen molar-refractivity contribution in [3.05, 3.63) is 76.8 Å². The summed E-state index contributed by atoms with van der Waals surface area (Å²) in [6.07, 6.45) is 1.85. The van der Waals surface area contributed by atoms with Crippen LogP contribution in [0.4, 0.5) is 5.69 Å². The molecule has 0 aliphatic rings. The van der Waals surface area contributed by atoms with Crippen molar-refractivity contribution in [1.29, 1.82) is 0 Å². The van der Waals surface area contributed by atoms with Gasteiger partial charge in [-0.05, 0) is 42.5 Å². The number of benzene rings is 3. The Morgan fingerprint density at radius 3 is 2.40 bits per heavy atom. The number of carbonyl (C=O) groups excluding carboxylic acids is 2. The molecule has 35 heavy (non-hydrogen) atoms. The maximum atomic E-state index is 13.6. The highest BCUT2D eigenvalue weighted by molar-refractivity contribution is 9.10. The number of nitrogens with zero attached hydrogens (tertiary/aromatic N) is 2. The standard InChI is InChI=1S/C26H30BrN3O4S/c1-4-15-28-26(32)19(2)29(17-20-9-7-12-22(27)16-20)25(31)18-30(35(3,33)34)24-14-8-11-21-10-5-6-13-23(21)24/h5-14,16,19H,4,15,17-18H2,1-3H3,(H,28,32)/t19-/m0/s1. The van der Waals surface area contributed by atoms with Crippen LogP contribution in [0.25, 0.3) is 10.8 Å². The second kappa shape index (κ2) is 11.7. The fourth-order valence-electron chi connectivity index (χ4n) is 3.83. The average molecular weight is 561 g/mol. The van der Waals surface area contributed by atoms with E-state index in [1.807, 2.05) is 61.5 Å². The summed E-state index contributed by atoms with van der Waals surface area (Å²) in [5.74, 6) is -0.756. The molecule has 0 unspecified atom stereocenters. The lowest BCUT2D eigenvalue weighted by Gasteiger charge is -2.31. The summed E-state index contributed by atoms with van der Waals surface area (Å²) in [6.45, 7) is 3.83. The van der Waals surface area contributed by atoms with E-state index in [0.29, 0.717) is 12.2 Å². The Balaban J connectivity index is 1.98. The molecule has 7 nitrogen and oxygen atoms in total. The van der Waals surface area contributed by atoms with E-state index in [1.54, 1.807) is 19.1 Å². The van der Waals surface area contributed by atoms with Crippen LogP contribution in [0.5, 0.6) is 0 Å². The number of rotatable bonds is 10. The average Bonchev–Trinajstić information content (AvgIpc) is 2.83. The third-order valence-corrected chi connectivity index (χ3v) is 7.29. The number of anilines is 1. The molecule has 0 fully saturated rings. The van der Waals surface area contributed by atoms with Gasteiger partial charge in [0.1, 0.15) is 12.6 Å². The van der Waals surface area contributed by atoms with E-state index in [4.69, 9.17) is 0 Å². The Labute approximate surface area is 215 Å². The lowest BCUT2D eigenvalue weighted by Crippen LogP contribution is -2.51. The molecule has 186 valence electrons. The maximum absolute atomic E-state index is 13.6. The van der Waals surface area contributed by atoms with Gasteiger partial charge in [-0.1, -0.05) is 71.4 Å². The van der Waals surface area contributed by atoms with Gasteiger partial charge in [-0.2, -0.15) is 0 Å². The Morgan fingerprint density at radius 2 is 1.71 bits per heavy atom. The fraction of sp³-hybridized carbons (Fsp3) is 0.308. The minimum atomic E-state index is -3.80. The minimum Gasteiger partial charge on any atom is -0.354 e. The molecule has 1 atom stereocenters. The molecule has 0 saturated carbocycles. The summed E-state index contributed by atoms with van der Waals surface area (Å²) < 4.78 is 27.7.